The summed E-state index contributed by atoms with van der Waals surface area (Å²) in [6, 6.07) is 4.32. The lowest BCUT2D eigenvalue weighted by Crippen LogP contribution is -2.26. The summed E-state index contributed by atoms with van der Waals surface area (Å²) in [5.41, 5.74) is -0.0621. The van der Waals surface area contributed by atoms with E-state index in [1.807, 2.05) is 0 Å². The van der Waals surface area contributed by atoms with Gasteiger partial charge in [0.1, 0.15) is 11.4 Å². The molecule has 3 nitrogen and oxygen atoms in total. The number of rotatable bonds is 0. The van der Waals surface area contributed by atoms with Crippen LogP contribution in [0.25, 0.3) is 10.9 Å². The maximum absolute atomic E-state index is 13.3. The van der Waals surface area contributed by atoms with Crippen LogP contribution in [0.5, 0.6) is 0 Å². The van der Waals surface area contributed by atoms with Crippen LogP contribution in [0.1, 0.15) is 20.8 Å². The van der Waals surface area contributed by atoms with Gasteiger partial charge in [-0.1, -0.05) is 11.6 Å². The minimum absolute atomic E-state index is 0.00908. The zero-order valence-corrected chi connectivity index (χ0v) is 11.1. The Kier molecular flexibility index (Phi) is 3.07. The first-order chi connectivity index (χ1) is 8.29. The standard InChI is InChI=1S/C13H13ClFNO2/c1-13(2,3)18-12(17)16-7-6-8-10(16)5-4-9(15)11(8)14/h4-7H,1-3H3. The van der Waals surface area contributed by atoms with E-state index in [0.717, 1.165) is 0 Å². The van der Waals surface area contributed by atoms with Gasteiger partial charge in [0, 0.05) is 11.6 Å². The van der Waals surface area contributed by atoms with E-state index < -0.39 is 17.5 Å². The van der Waals surface area contributed by atoms with Crippen LogP contribution in [0.3, 0.4) is 0 Å². The summed E-state index contributed by atoms with van der Waals surface area (Å²) in [4.78, 5) is 11.9. The van der Waals surface area contributed by atoms with Crippen LogP contribution >= 0.6 is 11.6 Å². The first-order valence-corrected chi connectivity index (χ1v) is 5.86. The van der Waals surface area contributed by atoms with Crippen molar-refractivity contribution in [1.82, 2.24) is 4.57 Å². The Bertz CT molecular complexity index is 613. The first-order valence-electron chi connectivity index (χ1n) is 5.48. The molecule has 0 spiro atoms. The van der Waals surface area contributed by atoms with Crippen molar-refractivity contribution >= 4 is 28.6 Å². The van der Waals surface area contributed by atoms with Gasteiger partial charge >= 0.3 is 6.09 Å². The third-order valence-corrected chi connectivity index (χ3v) is 2.73. The molecule has 0 atom stereocenters. The summed E-state index contributed by atoms with van der Waals surface area (Å²) in [5, 5.41) is 0.498. The molecule has 0 bridgehead atoms. The Morgan fingerprint density at radius 3 is 2.61 bits per heavy atom. The molecule has 0 saturated heterocycles. The first kappa shape index (κ1) is 12.9. The molecule has 2 aromatic rings. The summed E-state index contributed by atoms with van der Waals surface area (Å²) in [5.74, 6) is -0.508. The minimum Gasteiger partial charge on any atom is -0.443 e. The van der Waals surface area contributed by atoms with Gasteiger partial charge in [0.2, 0.25) is 0 Å². The van der Waals surface area contributed by atoms with Crippen molar-refractivity contribution in [2.75, 3.05) is 0 Å². The quantitative estimate of drug-likeness (QED) is 0.717. The molecule has 1 aromatic carbocycles. The average Bonchev–Trinajstić information content (AvgIpc) is 2.65. The van der Waals surface area contributed by atoms with Crippen molar-refractivity contribution in [1.29, 1.82) is 0 Å². The lowest BCUT2D eigenvalue weighted by Gasteiger charge is -2.19. The number of hydrogen-bond acceptors (Lipinski definition) is 2. The molecule has 0 amide bonds. The minimum atomic E-state index is -0.586. The van der Waals surface area contributed by atoms with Crippen molar-refractivity contribution in [3.05, 3.63) is 35.2 Å². The fraction of sp³-hybridized carbons (Fsp3) is 0.308. The van der Waals surface area contributed by atoms with Crippen LogP contribution in [0, 0.1) is 5.82 Å². The molecule has 0 unspecified atom stereocenters. The number of halogens is 2. The van der Waals surface area contributed by atoms with Crippen molar-refractivity contribution in [3.63, 3.8) is 0 Å². The summed E-state index contributed by atoms with van der Waals surface area (Å²) < 4.78 is 19.8. The maximum atomic E-state index is 13.3. The van der Waals surface area contributed by atoms with Gasteiger partial charge in [-0.15, -0.1) is 0 Å². The van der Waals surface area contributed by atoms with Gasteiger partial charge in [-0.3, -0.25) is 4.57 Å². The molecule has 0 radical (unpaired) electrons. The predicted octanol–water partition coefficient (Wildman–Crippen LogP) is 4.22. The summed E-state index contributed by atoms with van der Waals surface area (Å²) in [7, 11) is 0. The number of benzene rings is 1. The summed E-state index contributed by atoms with van der Waals surface area (Å²) >= 11 is 5.84. The topological polar surface area (TPSA) is 31.2 Å². The van der Waals surface area contributed by atoms with Gasteiger partial charge in [-0.05, 0) is 39.0 Å². The number of nitrogens with zero attached hydrogens (tertiary/aromatic N) is 1. The van der Waals surface area contributed by atoms with E-state index in [2.05, 4.69) is 0 Å². The van der Waals surface area contributed by atoms with Crippen LogP contribution in [0.2, 0.25) is 5.02 Å². The molecule has 5 heteroatoms. The SMILES string of the molecule is CC(C)(C)OC(=O)n1ccc2c(Cl)c(F)ccc21. The monoisotopic (exact) mass is 269 g/mol. The van der Waals surface area contributed by atoms with E-state index in [1.54, 1.807) is 26.8 Å². The second kappa shape index (κ2) is 4.28. The molecule has 0 aliphatic carbocycles. The highest BCUT2D eigenvalue weighted by atomic mass is 35.5. The molecule has 96 valence electrons. The second-order valence-electron chi connectivity index (χ2n) is 4.96. The Morgan fingerprint density at radius 2 is 2.00 bits per heavy atom. The molecule has 0 fully saturated rings. The Labute approximate surface area is 109 Å². The fourth-order valence-corrected chi connectivity index (χ4v) is 1.85. The molecule has 18 heavy (non-hydrogen) atoms. The maximum Gasteiger partial charge on any atom is 0.418 e. The van der Waals surface area contributed by atoms with Gasteiger partial charge < -0.3 is 4.74 Å². The van der Waals surface area contributed by atoms with Gasteiger partial charge in [0.15, 0.2) is 0 Å². The number of carbonyl (C=O) groups excluding carboxylic acids is 1. The summed E-state index contributed by atoms with van der Waals surface area (Å²) in [6.07, 6.45) is 1.00. The van der Waals surface area contributed by atoms with Gasteiger partial charge in [-0.25, -0.2) is 9.18 Å². The zero-order valence-electron chi connectivity index (χ0n) is 10.3. The van der Waals surface area contributed by atoms with Crippen LogP contribution in [-0.4, -0.2) is 16.3 Å². The van der Waals surface area contributed by atoms with Crippen LogP contribution in [0.4, 0.5) is 9.18 Å². The van der Waals surface area contributed by atoms with E-state index in [0.29, 0.717) is 10.9 Å². The Hall–Kier alpha value is -1.55. The van der Waals surface area contributed by atoms with Crippen molar-refractivity contribution in [2.24, 2.45) is 0 Å². The number of hydrogen-bond donors (Lipinski definition) is 0. The van der Waals surface area contributed by atoms with Gasteiger partial charge in [-0.2, -0.15) is 0 Å². The molecule has 0 aliphatic heterocycles. The number of ether oxygens (including phenoxy) is 1. The lowest BCUT2D eigenvalue weighted by molar-refractivity contribution is 0.0544. The molecular formula is C13H13ClFNO2. The highest BCUT2D eigenvalue weighted by Gasteiger charge is 2.19. The largest absolute Gasteiger partial charge is 0.443 e. The van der Waals surface area contributed by atoms with Crippen molar-refractivity contribution in [3.8, 4) is 0 Å². The smallest absolute Gasteiger partial charge is 0.418 e. The molecule has 0 N–H and O–H groups in total. The van der Waals surface area contributed by atoms with Gasteiger partial charge in [0.05, 0.1) is 10.5 Å². The predicted molar refractivity (Wildman–Crippen MR) is 68.5 cm³/mol. The molecule has 0 aliphatic rings. The molecule has 1 aromatic heterocycles. The van der Waals surface area contributed by atoms with Crippen LogP contribution in [0.15, 0.2) is 24.4 Å². The summed E-state index contributed by atoms with van der Waals surface area (Å²) in [6.45, 7) is 5.34. The lowest BCUT2D eigenvalue weighted by atomic mass is 10.2. The number of fused-ring (bicyclic) bond motifs is 1. The Morgan fingerprint density at radius 1 is 1.33 bits per heavy atom. The molecule has 2 rings (SSSR count). The average molecular weight is 270 g/mol. The molecule has 0 saturated carbocycles. The van der Waals surface area contributed by atoms with Crippen LogP contribution < -0.4 is 0 Å². The fourth-order valence-electron chi connectivity index (χ4n) is 1.62. The van der Waals surface area contributed by atoms with Crippen LogP contribution in [-0.2, 0) is 4.74 Å². The highest BCUT2D eigenvalue weighted by molar-refractivity contribution is 6.35. The molecule has 1 heterocycles. The molecular weight excluding hydrogens is 257 g/mol. The van der Waals surface area contributed by atoms with E-state index in [9.17, 15) is 9.18 Å². The second-order valence-corrected chi connectivity index (χ2v) is 5.34. The third-order valence-electron chi connectivity index (χ3n) is 2.35. The zero-order chi connectivity index (χ0) is 13.5. The van der Waals surface area contributed by atoms with Crippen molar-refractivity contribution < 1.29 is 13.9 Å². The van der Waals surface area contributed by atoms with E-state index in [1.165, 1.54) is 22.9 Å². The van der Waals surface area contributed by atoms with E-state index >= 15 is 0 Å². The Balaban J connectivity index is 2.48. The van der Waals surface area contributed by atoms with E-state index in [-0.39, 0.29) is 5.02 Å². The highest BCUT2D eigenvalue weighted by Crippen LogP contribution is 2.27. The van der Waals surface area contributed by atoms with Crippen molar-refractivity contribution in [2.45, 2.75) is 26.4 Å². The van der Waals surface area contributed by atoms with Gasteiger partial charge in [0.25, 0.3) is 0 Å². The number of aromatic nitrogens is 1. The number of carbonyl (C=O) groups is 1. The normalized spacial score (nSPS) is 11.8. The third kappa shape index (κ3) is 2.34. The van der Waals surface area contributed by atoms with E-state index in [4.69, 9.17) is 16.3 Å².